The monoisotopic (exact) mass is 586 g/mol. The lowest BCUT2D eigenvalue weighted by Gasteiger charge is -2.29. The van der Waals surface area contributed by atoms with Gasteiger partial charge in [-0.3, -0.25) is 24.0 Å². The molecule has 11 nitrogen and oxygen atoms in total. The second-order valence-electron chi connectivity index (χ2n) is 12.1. The fourth-order valence-electron chi connectivity index (χ4n) is 4.83. The Morgan fingerprint density at radius 1 is 1.17 bits per heavy atom. The molecule has 222 valence electrons. The zero-order chi connectivity index (χ0) is 30.2. The summed E-state index contributed by atoms with van der Waals surface area (Å²) in [6.45, 7) is 10.9. The summed E-state index contributed by atoms with van der Waals surface area (Å²) in [5.41, 5.74) is -2.08. The van der Waals surface area contributed by atoms with Crippen molar-refractivity contribution in [3.05, 3.63) is 59.5 Å². The van der Waals surface area contributed by atoms with Gasteiger partial charge in [-0.1, -0.05) is 24.3 Å². The number of likely N-dealkylation sites (tertiary alicyclic amines) is 1. The molecule has 41 heavy (non-hydrogen) atoms. The van der Waals surface area contributed by atoms with E-state index in [9.17, 15) is 27.6 Å². The first-order chi connectivity index (χ1) is 19.1. The Balaban J connectivity index is 0.000000291. The number of carbonyl (C=O) groups is 3. The molecule has 0 spiro atoms. The summed E-state index contributed by atoms with van der Waals surface area (Å²) in [5, 5.41) is 4.44. The normalized spacial score (nSPS) is 24.4. The highest BCUT2D eigenvalue weighted by Crippen LogP contribution is 2.47. The maximum Gasteiger partial charge on any atom is 0.410 e. The van der Waals surface area contributed by atoms with E-state index in [2.05, 4.69) is 21.6 Å². The molecule has 3 unspecified atom stereocenters. The van der Waals surface area contributed by atoms with Crippen LogP contribution in [0.4, 0.5) is 4.79 Å². The van der Waals surface area contributed by atoms with Crippen molar-refractivity contribution < 1.29 is 27.5 Å². The third-order valence-corrected chi connectivity index (χ3v) is 9.91. The summed E-state index contributed by atoms with van der Waals surface area (Å²) < 4.78 is 31.5. The SMILES string of the molecule is C=CC1CC1(NC(=O)C1CCCN1C(=O)OC(C)(C)C)C(=O)NS(=O)(=O)C1(C)CC1.O=c1[nH]ccc2ccccc12. The van der Waals surface area contributed by atoms with Gasteiger partial charge in [-0.05, 0) is 77.3 Å². The van der Waals surface area contributed by atoms with Crippen LogP contribution in [0.15, 0.2) is 54.0 Å². The maximum atomic E-state index is 13.0. The number of sulfonamides is 1. The second-order valence-corrected chi connectivity index (χ2v) is 14.3. The van der Waals surface area contributed by atoms with E-state index in [-0.39, 0.29) is 17.9 Å². The highest BCUT2D eigenvalue weighted by atomic mass is 32.2. The number of amides is 3. The molecule has 3 N–H and O–H groups in total. The summed E-state index contributed by atoms with van der Waals surface area (Å²) in [6.07, 6.45) is 4.93. The lowest BCUT2D eigenvalue weighted by Crippen LogP contribution is -2.57. The molecule has 2 saturated carbocycles. The zero-order valence-electron chi connectivity index (χ0n) is 23.9. The minimum absolute atomic E-state index is 0.0249. The van der Waals surface area contributed by atoms with Gasteiger partial charge in [0.05, 0.1) is 4.75 Å². The number of aromatic nitrogens is 1. The molecule has 0 radical (unpaired) electrons. The Bertz CT molecular complexity index is 1520. The topological polar surface area (TPSA) is 155 Å². The number of hydrogen-bond donors (Lipinski definition) is 3. The second kappa shape index (κ2) is 11.0. The number of rotatable bonds is 6. The Labute approximate surface area is 239 Å². The van der Waals surface area contributed by atoms with Crippen molar-refractivity contribution in [2.75, 3.05) is 6.54 Å². The van der Waals surface area contributed by atoms with Gasteiger partial charge >= 0.3 is 6.09 Å². The average Bonchev–Trinajstić information content (AvgIpc) is 3.76. The third-order valence-electron chi connectivity index (χ3n) is 7.75. The number of aromatic amines is 1. The number of nitrogens with zero attached hydrogens (tertiary/aromatic N) is 1. The predicted octanol–water partition coefficient (Wildman–Crippen LogP) is 2.97. The van der Waals surface area contributed by atoms with Crippen molar-refractivity contribution in [2.45, 2.75) is 81.7 Å². The predicted molar refractivity (Wildman–Crippen MR) is 154 cm³/mol. The van der Waals surface area contributed by atoms with Crippen LogP contribution in [0.2, 0.25) is 0 Å². The molecule has 5 rings (SSSR count). The number of ether oxygens (including phenoxy) is 1. The number of H-pyrrole nitrogens is 1. The number of pyridine rings is 1. The molecule has 2 aromatic rings. The Morgan fingerprint density at radius 3 is 2.44 bits per heavy atom. The smallest absolute Gasteiger partial charge is 0.410 e. The zero-order valence-corrected chi connectivity index (χ0v) is 24.7. The first kappa shape index (κ1) is 30.3. The largest absolute Gasteiger partial charge is 0.444 e. The molecule has 0 bridgehead atoms. The van der Waals surface area contributed by atoms with Crippen molar-refractivity contribution in [2.24, 2.45) is 5.92 Å². The Morgan fingerprint density at radius 2 is 1.85 bits per heavy atom. The van der Waals surface area contributed by atoms with Gasteiger partial charge in [0.25, 0.3) is 11.5 Å². The molecule has 2 aliphatic carbocycles. The van der Waals surface area contributed by atoms with Gasteiger partial charge in [-0.25, -0.2) is 13.2 Å². The molecular formula is C29H38N4O7S. The molecule has 2 heterocycles. The van der Waals surface area contributed by atoms with Crippen LogP contribution < -0.4 is 15.6 Å². The number of nitrogens with one attached hydrogen (secondary N) is 3. The van der Waals surface area contributed by atoms with E-state index in [0.29, 0.717) is 32.2 Å². The van der Waals surface area contributed by atoms with Crippen LogP contribution in [0.3, 0.4) is 0 Å². The number of hydrogen-bond acceptors (Lipinski definition) is 7. The standard InChI is InChI=1S/C20H31N3O6S.C9H7NO/c1-6-13-12-20(13,16(25)22-30(27,28)19(5)9-10-19)21-15(24)14-8-7-11-23(14)17(26)29-18(2,3)4;11-9-8-4-2-1-3-7(8)5-6-10-9/h6,13-14H,1,7-12H2,2-5H3,(H,21,24)(H,22,25);1-6H,(H,10,11). The quantitative estimate of drug-likeness (QED) is 0.440. The first-order valence-electron chi connectivity index (χ1n) is 13.7. The summed E-state index contributed by atoms with van der Waals surface area (Å²) in [7, 11) is -3.83. The van der Waals surface area contributed by atoms with Gasteiger partial charge in [-0.15, -0.1) is 6.58 Å². The van der Waals surface area contributed by atoms with Crippen LogP contribution in [-0.4, -0.2) is 64.7 Å². The van der Waals surface area contributed by atoms with E-state index < -0.39 is 49.9 Å². The van der Waals surface area contributed by atoms with E-state index in [4.69, 9.17) is 4.74 Å². The van der Waals surface area contributed by atoms with Crippen LogP contribution in [0.5, 0.6) is 0 Å². The van der Waals surface area contributed by atoms with Crippen molar-refractivity contribution in [1.29, 1.82) is 0 Å². The van der Waals surface area contributed by atoms with Crippen molar-refractivity contribution in [3.8, 4) is 0 Å². The summed E-state index contributed by atoms with van der Waals surface area (Å²) >= 11 is 0. The van der Waals surface area contributed by atoms with Gasteiger partial charge in [-0.2, -0.15) is 0 Å². The average molecular weight is 587 g/mol. The van der Waals surface area contributed by atoms with Gasteiger partial charge in [0.2, 0.25) is 15.9 Å². The lowest BCUT2D eigenvalue weighted by molar-refractivity contribution is -0.131. The summed E-state index contributed by atoms with van der Waals surface area (Å²) in [4.78, 5) is 53.4. The third kappa shape index (κ3) is 6.47. The van der Waals surface area contributed by atoms with Gasteiger partial charge in [0.1, 0.15) is 17.2 Å². The highest BCUT2D eigenvalue weighted by Gasteiger charge is 2.62. The molecule has 3 atom stereocenters. The summed E-state index contributed by atoms with van der Waals surface area (Å²) in [6, 6.07) is 8.63. The van der Waals surface area contributed by atoms with Crippen molar-refractivity contribution >= 4 is 38.7 Å². The molecule has 3 amide bonds. The van der Waals surface area contributed by atoms with Crippen LogP contribution >= 0.6 is 0 Å². The van der Waals surface area contributed by atoms with E-state index in [1.54, 1.807) is 33.9 Å². The molecule has 1 aromatic heterocycles. The van der Waals surface area contributed by atoms with Gasteiger partial charge < -0.3 is 15.0 Å². The van der Waals surface area contributed by atoms with E-state index in [0.717, 1.165) is 10.8 Å². The Hall–Kier alpha value is -3.67. The molecule has 1 aliphatic heterocycles. The fourth-order valence-corrected chi connectivity index (χ4v) is 6.14. The van der Waals surface area contributed by atoms with E-state index in [1.165, 1.54) is 11.0 Å². The molecular weight excluding hydrogens is 548 g/mol. The molecule has 12 heteroatoms. The minimum atomic E-state index is -3.83. The van der Waals surface area contributed by atoms with Crippen LogP contribution in [0.25, 0.3) is 10.8 Å². The minimum Gasteiger partial charge on any atom is -0.444 e. The van der Waals surface area contributed by atoms with Crippen LogP contribution in [-0.2, 0) is 24.3 Å². The van der Waals surface area contributed by atoms with E-state index in [1.807, 2.05) is 30.3 Å². The number of carbonyl (C=O) groups excluding carboxylic acids is 3. The van der Waals surface area contributed by atoms with Crippen LogP contribution in [0, 0.1) is 5.92 Å². The summed E-state index contributed by atoms with van der Waals surface area (Å²) in [5.74, 6) is -1.62. The highest BCUT2D eigenvalue weighted by molar-refractivity contribution is 7.91. The number of fused-ring (bicyclic) bond motifs is 1. The maximum absolute atomic E-state index is 13.0. The van der Waals surface area contributed by atoms with Crippen molar-refractivity contribution in [3.63, 3.8) is 0 Å². The first-order valence-corrected chi connectivity index (χ1v) is 15.2. The molecule has 3 aliphatic rings. The fraction of sp³-hybridized carbons (Fsp3) is 0.517. The Kier molecular flexibility index (Phi) is 8.10. The molecule has 3 fully saturated rings. The lowest BCUT2D eigenvalue weighted by atomic mass is 10.1. The number of benzene rings is 1. The van der Waals surface area contributed by atoms with Crippen LogP contribution in [0.1, 0.15) is 59.8 Å². The van der Waals surface area contributed by atoms with E-state index >= 15 is 0 Å². The molecule has 1 aromatic carbocycles. The van der Waals surface area contributed by atoms with Crippen molar-refractivity contribution in [1.82, 2.24) is 19.9 Å². The molecule has 1 saturated heterocycles. The van der Waals surface area contributed by atoms with Gasteiger partial charge in [0, 0.05) is 24.0 Å². The van der Waals surface area contributed by atoms with Gasteiger partial charge in [0.15, 0.2) is 0 Å².